The van der Waals surface area contributed by atoms with Crippen LogP contribution in [-0.4, -0.2) is 19.7 Å². The molecule has 6 nitrogen and oxygen atoms in total. The van der Waals surface area contributed by atoms with Crippen LogP contribution in [0.25, 0.3) is 0 Å². The SMILES string of the molecule is Cn1cnnc1SCc1cc([N+](=O)[O-])ccc1Cl. The van der Waals surface area contributed by atoms with Crippen LogP contribution in [0.4, 0.5) is 5.69 Å². The monoisotopic (exact) mass is 284 g/mol. The molecule has 8 heteroatoms. The molecule has 0 amide bonds. The molecule has 0 bridgehead atoms. The van der Waals surface area contributed by atoms with E-state index in [0.717, 1.165) is 5.16 Å². The Balaban J connectivity index is 2.16. The van der Waals surface area contributed by atoms with Gasteiger partial charge in [0.15, 0.2) is 5.16 Å². The highest BCUT2D eigenvalue weighted by atomic mass is 35.5. The van der Waals surface area contributed by atoms with Crippen LogP contribution in [0.15, 0.2) is 29.7 Å². The lowest BCUT2D eigenvalue weighted by Gasteiger charge is -2.03. The summed E-state index contributed by atoms with van der Waals surface area (Å²) in [5.41, 5.74) is 0.742. The van der Waals surface area contributed by atoms with Gasteiger partial charge in [0.05, 0.1) is 4.92 Å². The van der Waals surface area contributed by atoms with Crippen molar-refractivity contribution in [1.29, 1.82) is 0 Å². The second kappa shape index (κ2) is 5.36. The molecule has 0 aliphatic heterocycles. The third kappa shape index (κ3) is 2.80. The van der Waals surface area contributed by atoms with Crippen molar-refractivity contribution >= 4 is 29.1 Å². The van der Waals surface area contributed by atoms with E-state index in [0.29, 0.717) is 16.3 Å². The van der Waals surface area contributed by atoms with Crippen molar-refractivity contribution < 1.29 is 4.92 Å². The molecule has 0 unspecified atom stereocenters. The number of nitro benzene ring substituents is 1. The summed E-state index contributed by atoms with van der Waals surface area (Å²) in [5, 5.41) is 19.6. The fourth-order valence-electron chi connectivity index (χ4n) is 1.33. The van der Waals surface area contributed by atoms with Gasteiger partial charge < -0.3 is 4.57 Å². The highest BCUT2D eigenvalue weighted by Crippen LogP contribution is 2.28. The van der Waals surface area contributed by atoms with Crippen LogP contribution in [0.1, 0.15) is 5.56 Å². The molecule has 0 N–H and O–H groups in total. The van der Waals surface area contributed by atoms with Crippen LogP contribution in [0.2, 0.25) is 5.02 Å². The summed E-state index contributed by atoms with van der Waals surface area (Å²) in [7, 11) is 1.83. The highest BCUT2D eigenvalue weighted by Gasteiger charge is 2.11. The Morgan fingerprint density at radius 2 is 2.33 bits per heavy atom. The topological polar surface area (TPSA) is 73.8 Å². The van der Waals surface area contributed by atoms with Crippen molar-refractivity contribution in [2.75, 3.05) is 0 Å². The number of hydrogen-bond acceptors (Lipinski definition) is 5. The van der Waals surface area contributed by atoms with Crippen LogP contribution in [-0.2, 0) is 12.8 Å². The van der Waals surface area contributed by atoms with Crippen molar-refractivity contribution in [2.45, 2.75) is 10.9 Å². The molecule has 0 saturated heterocycles. The van der Waals surface area contributed by atoms with Gasteiger partial charge >= 0.3 is 0 Å². The van der Waals surface area contributed by atoms with Crippen LogP contribution >= 0.6 is 23.4 Å². The van der Waals surface area contributed by atoms with E-state index in [2.05, 4.69) is 10.2 Å². The average molecular weight is 285 g/mol. The predicted molar refractivity (Wildman–Crippen MR) is 68.7 cm³/mol. The molecular formula is C10H9ClN4O2S. The van der Waals surface area contributed by atoms with Gasteiger partial charge in [0.1, 0.15) is 6.33 Å². The zero-order valence-corrected chi connectivity index (χ0v) is 11.0. The van der Waals surface area contributed by atoms with Crippen molar-refractivity contribution in [3.05, 3.63) is 45.2 Å². The van der Waals surface area contributed by atoms with E-state index >= 15 is 0 Å². The van der Waals surface area contributed by atoms with Gasteiger partial charge in [-0.05, 0) is 11.6 Å². The van der Waals surface area contributed by atoms with E-state index in [9.17, 15) is 10.1 Å². The summed E-state index contributed by atoms with van der Waals surface area (Å²) in [6.07, 6.45) is 1.59. The summed E-state index contributed by atoms with van der Waals surface area (Å²) in [6, 6.07) is 4.40. The molecule has 94 valence electrons. The molecule has 0 spiro atoms. The lowest BCUT2D eigenvalue weighted by Crippen LogP contribution is -1.93. The maximum Gasteiger partial charge on any atom is 0.269 e. The van der Waals surface area contributed by atoms with Gasteiger partial charge in [-0.15, -0.1) is 10.2 Å². The average Bonchev–Trinajstić information content (AvgIpc) is 2.73. The number of benzene rings is 1. The number of hydrogen-bond donors (Lipinski definition) is 0. The number of aromatic nitrogens is 3. The zero-order chi connectivity index (χ0) is 13.1. The molecule has 2 rings (SSSR count). The fraction of sp³-hybridized carbons (Fsp3) is 0.200. The third-order valence-electron chi connectivity index (χ3n) is 2.27. The standard InChI is InChI=1S/C10H9ClN4O2S/c1-14-6-12-13-10(14)18-5-7-4-8(15(16)17)2-3-9(7)11/h2-4,6H,5H2,1H3. The summed E-state index contributed by atoms with van der Waals surface area (Å²) < 4.78 is 1.77. The smallest absolute Gasteiger partial charge is 0.269 e. The Bertz CT molecular complexity index is 587. The first kappa shape index (κ1) is 12.8. The largest absolute Gasteiger partial charge is 0.312 e. The minimum atomic E-state index is -0.438. The third-order valence-corrected chi connectivity index (χ3v) is 3.72. The summed E-state index contributed by atoms with van der Waals surface area (Å²) in [4.78, 5) is 10.2. The van der Waals surface area contributed by atoms with Crippen molar-refractivity contribution in [2.24, 2.45) is 7.05 Å². The summed E-state index contributed by atoms with van der Waals surface area (Å²) in [6.45, 7) is 0. The van der Waals surface area contributed by atoms with Crippen molar-refractivity contribution in [1.82, 2.24) is 14.8 Å². The molecule has 0 fully saturated rings. The normalized spacial score (nSPS) is 10.6. The van der Waals surface area contributed by atoms with Crippen LogP contribution in [0.3, 0.4) is 0 Å². The molecule has 0 aliphatic rings. The predicted octanol–water partition coefficient (Wildman–Crippen LogP) is 2.67. The number of nitro groups is 1. The molecule has 1 aromatic heterocycles. The second-order valence-corrected chi connectivity index (χ2v) is 4.90. The summed E-state index contributed by atoms with van der Waals surface area (Å²) in [5.74, 6) is 0.507. The molecule has 1 heterocycles. The van der Waals surface area contributed by atoms with Gasteiger partial charge in [0, 0.05) is 30.0 Å². The van der Waals surface area contributed by atoms with Crippen molar-refractivity contribution in [3.8, 4) is 0 Å². The summed E-state index contributed by atoms with van der Waals surface area (Å²) >= 11 is 7.43. The Morgan fingerprint density at radius 1 is 1.56 bits per heavy atom. The van der Waals surface area contributed by atoms with E-state index in [1.165, 1.54) is 30.0 Å². The van der Waals surface area contributed by atoms with Crippen LogP contribution in [0, 0.1) is 10.1 Å². The lowest BCUT2D eigenvalue weighted by molar-refractivity contribution is -0.384. The Hall–Kier alpha value is -1.60. The fourth-order valence-corrected chi connectivity index (χ4v) is 2.47. The van der Waals surface area contributed by atoms with E-state index in [1.807, 2.05) is 7.05 Å². The Kier molecular flexibility index (Phi) is 3.83. The van der Waals surface area contributed by atoms with Gasteiger partial charge in [0.25, 0.3) is 5.69 Å². The number of thioether (sulfide) groups is 1. The molecule has 0 saturated carbocycles. The van der Waals surface area contributed by atoms with Crippen LogP contribution < -0.4 is 0 Å². The van der Waals surface area contributed by atoms with Gasteiger partial charge in [-0.1, -0.05) is 23.4 Å². The number of aryl methyl sites for hydroxylation is 1. The molecule has 0 aliphatic carbocycles. The molecule has 0 radical (unpaired) electrons. The molecule has 18 heavy (non-hydrogen) atoms. The number of non-ortho nitro benzene ring substituents is 1. The van der Waals surface area contributed by atoms with E-state index in [1.54, 1.807) is 10.9 Å². The zero-order valence-electron chi connectivity index (χ0n) is 9.41. The van der Waals surface area contributed by atoms with Crippen molar-refractivity contribution in [3.63, 3.8) is 0 Å². The maximum atomic E-state index is 10.7. The second-order valence-electron chi connectivity index (χ2n) is 3.55. The minimum Gasteiger partial charge on any atom is -0.312 e. The highest BCUT2D eigenvalue weighted by molar-refractivity contribution is 7.98. The minimum absolute atomic E-state index is 0.0352. The number of nitrogens with zero attached hydrogens (tertiary/aromatic N) is 4. The van der Waals surface area contributed by atoms with Gasteiger partial charge in [-0.3, -0.25) is 10.1 Å². The number of rotatable bonds is 4. The quantitative estimate of drug-likeness (QED) is 0.490. The molecule has 1 aromatic carbocycles. The first-order chi connectivity index (χ1) is 8.58. The Labute approximate surface area is 112 Å². The van der Waals surface area contributed by atoms with E-state index < -0.39 is 4.92 Å². The lowest BCUT2D eigenvalue weighted by atomic mass is 10.2. The maximum absolute atomic E-state index is 10.7. The van der Waals surface area contributed by atoms with E-state index in [-0.39, 0.29) is 5.69 Å². The first-order valence-corrected chi connectivity index (χ1v) is 6.34. The number of halogens is 1. The van der Waals surface area contributed by atoms with Gasteiger partial charge in [-0.2, -0.15) is 0 Å². The molecule has 2 aromatic rings. The molecular weight excluding hydrogens is 276 g/mol. The van der Waals surface area contributed by atoms with E-state index in [4.69, 9.17) is 11.6 Å². The Morgan fingerprint density at radius 3 is 2.94 bits per heavy atom. The van der Waals surface area contributed by atoms with Gasteiger partial charge in [-0.25, -0.2) is 0 Å². The first-order valence-electron chi connectivity index (χ1n) is 4.97. The molecule has 0 atom stereocenters. The van der Waals surface area contributed by atoms with Gasteiger partial charge in [0.2, 0.25) is 0 Å². The van der Waals surface area contributed by atoms with Crippen LogP contribution in [0.5, 0.6) is 0 Å².